The minimum absolute atomic E-state index is 0.0294. The van der Waals surface area contributed by atoms with Crippen LogP contribution in [-0.2, 0) is 22.6 Å². The van der Waals surface area contributed by atoms with Gasteiger partial charge in [0, 0.05) is 29.7 Å². The Morgan fingerprint density at radius 2 is 1.60 bits per heavy atom. The first kappa shape index (κ1) is 26.8. The van der Waals surface area contributed by atoms with Crippen molar-refractivity contribution in [2.75, 3.05) is 13.7 Å². The highest BCUT2D eigenvalue weighted by Crippen LogP contribution is 2.62. The lowest BCUT2D eigenvalue weighted by atomic mass is 9.74. The molecule has 4 unspecified atom stereocenters. The SMILES string of the molecule is COC(=O)c1ccc(-c2ccc(C(=O)NC34CC5CC3CC(NCC(=O)N3Cc6ccc(F)cc6C3)(C5)C4)cc2)cc1. The Bertz CT molecular complexity index is 1570. The summed E-state index contributed by atoms with van der Waals surface area (Å²) in [5.41, 5.74) is 4.52. The van der Waals surface area contributed by atoms with Gasteiger partial charge in [-0.05, 0) is 103 Å². The molecule has 1 aliphatic heterocycles. The van der Waals surface area contributed by atoms with Gasteiger partial charge in [-0.3, -0.25) is 9.59 Å². The number of carbonyl (C=O) groups is 3. The number of amides is 2. The van der Waals surface area contributed by atoms with E-state index in [4.69, 9.17) is 4.74 Å². The summed E-state index contributed by atoms with van der Waals surface area (Å²) in [5, 5.41) is 7.08. The van der Waals surface area contributed by atoms with Crippen LogP contribution >= 0.6 is 0 Å². The molecule has 7 nitrogen and oxygen atoms in total. The number of hydrogen-bond acceptors (Lipinski definition) is 5. The third kappa shape index (κ3) is 4.67. The van der Waals surface area contributed by atoms with Crippen molar-refractivity contribution in [3.8, 4) is 11.1 Å². The van der Waals surface area contributed by atoms with E-state index in [-0.39, 0.29) is 41.2 Å². The molecule has 4 fully saturated rings. The van der Waals surface area contributed by atoms with Crippen molar-refractivity contribution in [3.05, 3.63) is 94.8 Å². The molecule has 4 aliphatic carbocycles. The van der Waals surface area contributed by atoms with Crippen molar-refractivity contribution >= 4 is 17.8 Å². The van der Waals surface area contributed by atoms with Crippen LogP contribution in [-0.4, -0.2) is 47.4 Å². The van der Waals surface area contributed by atoms with Crippen LogP contribution in [0.2, 0.25) is 0 Å². The summed E-state index contributed by atoms with van der Waals surface area (Å²) < 4.78 is 18.4. The Morgan fingerprint density at radius 1 is 0.905 bits per heavy atom. The highest BCUT2D eigenvalue weighted by Gasteiger charge is 2.64. The quantitative estimate of drug-likeness (QED) is 0.399. The van der Waals surface area contributed by atoms with Crippen molar-refractivity contribution in [3.63, 3.8) is 0 Å². The van der Waals surface area contributed by atoms with E-state index in [1.807, 2.05) is 36.4 Å². The second-order valence-corrected chi connectivity index (χ2v) is 12.6. The predicted octanol–water partition coefficient (Wildman–Crippen LogP) is 4.84. The molecule has 0 saturated heterocycles. The van der Waals surface area contributed by atoms with E-state index in [0.29, 0.717) is 36.1 Å². The van der Waals surface area contributed by atoms with Gasteiger partial charge in [0.1, 0.15) is 5.82 Å². The standard InChI is InChI=1S/C34H34FN3O4/c1-42-32(41)25-8-4-23(5-9-25)22-2-6-24(7-3-22)31(40)37-34-15-21-12-28(34)16-33(14-21,20-34)36-17-30(39)38-18-26-10-11-29(35)13-27(26)19-38/h2-11,13,21,28,36H,12,14-20H2,1H3,(H,37,40). The molecule has 3 aromatic carbocycles. The van der Waals surface area contributed by atoms with E-state index in [2.05, 4.69) is 10.6 Å². The van der Waals surface area contributed by atoms with Gasteiger partial charge >= 0.3 is 5.97 Å². The van der Waals surface area contributed by atoms with Gasteiger partial charge in [-0.25, -0.2) is 9.18 Å². The van der Waals surface area contributed by atoms with Crippen LogP contribution < -0.4 is 10.6 Å². The summed E-state index contributed by atoms with van der Waals surface area (Å²) in [6.07, 6.45) is 4.92. The molecule has 4 bridgehead atoms. The van der Waals surface area contributed by atoms with Crippen LogP contribution in [0.25, 0.3) is 11.1 Å². The van der Waals surface area contributed by atoms with Gasteiger partial charge in [0.05, 0.1) is 19.2 Å². The highest BCUT2D eigenvalue weighted by molar-refractivity contribution is 5.95. The Labute approximate surface area is 244 Å². The van der Waals surface area contributed by atoms with Crippen LogP contribution in [0.5, 0.6) is 0 Å². The number of hydrogen-bond donors (Lipinski definition) is 2. The lowest BCUT2D eigenvalue weighted by molar-refractivity contribution is -0.131. The molecule has 2 N–H and O–H groups in total. The van der Waals surface area contributed by atoms with E-state index < -0.39 is 0 Å². The zero-order valence-corrected chi connectivity index (χ0v) is 23.6. The maximum absolute atomic E-state index is 13.6. The Balaban J connectivity index is 0.987. The number of fused-ring (bicyclic) bond motifs is 1. The molecule has 8 rings (SSSR count). The summed E-state index contributed by atoms with van der Waals surface area (Å²) in [6, 6.07) is 19.5. The maximum Gasteiger partial charge on any atom is 0.337 e. The molecule has 5 aliphatic rings. The number of benzene rings is 3. The second kappa shape index (κ2) is 10.1. The topological polar surface area (TPSA) is 87.7 Å². The molecule has 8 heteroatoms. The van der Waals surface area contributed by atoms with Crippen LogP contribution in [0.1, 0.15) is 63.9 Å². The number of rotatable bonds is 7. The van der Waals surface area contributed by atoms with Gasteiger partial charge in [-0.1, -0.05) is 30.3 Å². The van der Waals surface area contributed by atoms with Crippen molar-refractivity contribution < 1.29 is 23.5 Å². The van der Waals surface area contributed by atoms with Crippen molar-refractivity contribution in [2.45, 2.75) is 56.3 Å². The number of nitrogens with zero attached hydrogens (tertiary/aromatic N) is 1. The van der Waals surface area contributed by atoms with Crippen molar-refractivity contribution in [1.82, 2.24) is 15.5 Å². The summed E-state index contributed by atoms with van der Waals surface area (Å²) in [4.78, 5) is 40.1. The molecule has 0 spiro atoms. The molecule has 2 amide bonds. The highest BCUT2D eigenvalue weighted by atomic mass is 19.1. The largest absolute Gasteiger partial charge is 0.465 e. The van der Waals surface area contributed by atoms with Crippen LogP contribution in [0.3, 0.4) is 0 Å². The number of carbonyl (C=O) groups excluding carboxylic acids is 3. The monoisotopic (exact) mass is 567 g/mol. The van der Waals surface area contributed by atoms with Gasteiger partial charge in [0.25, 0.3) is 5.91 Å². The van der Waals surface area contributed by atoms with Crippen LogP contribution in [0.4, 0.5) is 4.39 Å². The van der Waals surface area contributed by atoms with Gasteiger partial charge < -0.3 is 20.3 Å². The number of nitrogens with one attached hydrogen (secondary N) is 2. The lowest BCUT2D eigenvalue weighted by Gasteiger charge is -2.42. The average molecular weight is 568 g/mol. The maximum atomic E-state index is 13.6. The number of halogens is 1. The molecule has 4 atom stereocenters. The zero-order valence-electron chi connectivity index (χ0n) is 23.6. The second-order valence-electron chi connectivity index (χ2n) is 12.6. The van der Waals surface area contributed by atoms with E-state index in [1.165, 1.54) is 19.2 Å². The summed E-state index contributed by atoms with van der Waals surface area (Å²) in [6.45, 7) is 1.22. The first-order valence-corrected chi connectivity index (χ1v) is 14.7. The summed E-state index contributed by atoms with van der Waals surface area (Å²) in [5.74, 6) is 0.255. The smallest absolute Gasteiger partial charge is 0.337 e. The lowest BCUT2D eigenvalue weighted by Crippen LogP contribution is -2.56. The van der Waals surface area contributed by atoms with Crippen molar-refractivity contribution in [2.24, 2.45) is 11.8 Å². The normalized spacial score (nSPS) is 26.8. The molecule has 216 valence electrons. The fourth-order valence-corrected chi connectivity index (χ4v) is 8.25. The Hall–Kier alpha value is -4.04. The predicted molar refractivity (Wildman–Crippen MR) is 155 cm³/mol. The molecule has 0 radical (unpaired) electrons. The summed E-state index contributed by atoms with van der Waals surface area (Å²) >= 11 is 0. The number of esters is 1. The zero-order chi connectivity index (χ0) is 29.1. The van der Waals surface area contributed by atoms with E-state index in [9.17, 15) is 18.8 Å². The third-order valence-corrected chi connectivity index (χ3v) is 10.0. The summed E-state index contributed by atoms with van der Waals surface area (Å²) in [7, 11) is 1.36. The fourth-order valence-electron chi connectivity index (χ4n) is 8.25. The first-order valence-electron chi connectivity index (χ1n) is 14.7. The fraction of sp³-hybridized carbons (Fsp3) is 0.382. The van der Waals surface area contributed by atoms with Gasteiger partial charge in [0.2, 0.25) is 5.91 Å². The van der Waals surface area contributed by atoms with Crippen LogP contribution in [0.15, 0.2) is 66.7 Å². The minimum Gasteiger partial charge on any atom is -0.465 e. The van der Waals surface area contributed by atoms with E-state index >= 15 is 0 Å². The Morgan fingerprint density at radius 3 is 2.31 bits per heavy atom. The number of ether oxygens (including phenoxy) is 1. The van der Waals surface area contributed by atoms with Crippen LogP contribution in [0, 0.1) is 17.7 Å². The van der Waals surface area contributed by atoms with Gasteiger partial charge in [-0.2, -0.15) is 0 Å². The molecular weight excluding hydrogens is 533 g/mol. The third-order valence-electron chi connectivity index (χ3n) is 10.0. The minimum atomic E-state index is -0.373. The molecule has 42 heavy (non-hydrogen) atoms. The average Bonchev–Trinajstić information content (AvgIpc) is 3.59. The molecule has 1 heterocycles. The first-order chi connectivity index (χ1) is 20.2. The number of methoxy groups -OCH3 is 1. The van der Waals surface area contributed by atoms with E-state index in [0.717, 1.165) is 54.4 Å². The van der Waals surface area contributed by atoms with Crippen molar-refractivity contribution in [1.29, 1.82) is 0 Å². The molecule has 4 saturated carbocycles. The van der Waals surface area contributed by atoms with Gasteiger partial charge in [-0.15, -0.1) is 0 Å². The van der Waals surface area contributed by atoms with Gasteiger partial charge in [0.15, 0.2) is 0 Å². The molecule has 3 aromatic rings. The molecular formula is C34H34FN3O4. The molecule has 0 aromatic heterocycles. The van der Waals surface area contributed by atoms with E-state index in [1.54, 1.807) is 23.1 Å². The Kier molecular flexibility index (Phi) is 6.42.